The molecular weight excluding hydrogens is 719 g/mol. The third kappa shape index (κ3) is 6.81. The quantitative estimate of drug-likeness (QED) is 0.187. The van der Waals surface area contributed by atoms with Crippen molar-refractivity contribution in [1.82, 2.24) is 9.80 Å². The molecule has 2 fully saturated rings. The Morgan fingerprint density at radius 3 is 1.84 bits per heavy atom. The molecular formula is C34H31F9N2O5S. The van der Waals surface area contributed by atoms with Gasteiger partial charge in [-0.2, -0.15) is 26.3 Å². The first-order valence-electron chi connectivity index (χ1n) is 15.6. The van der Waals surface area contributed by atoms with E-state index in [2.05, 4.69) is 4.74 Å². The first-order chi connectivity index (χ1) is 23.7. The van der Waals surface area contributed by atoms with Crippen LogP contribution in [-0.2, 0) is 41.1 Å². The van der Waals surface area contributed by atoms with E-state index >= 15 is 0 Å². The molecule has 1 saturated heterocycles. The highest BCUT2D eigenvalue weighted by atomic mass is 32.2. The zero-order chi connectivity index (χ0) is 37.6. The maximum Gasteiger partial charge on any atom is 0.430 e. The summed E-state index contributed by atoms with van der Waals surface area (Å²) in [4.78, 5) is 27.9. The van der Waals surface area contributed by atoms with E-state index in [1.165, 1.54) is 16.7 Å². The van der Waals surface area contributed by atoms with Gasteiger partial charge in [0.05, 0.1) is 11.5 Å². The molecule has 2 amide bonds. The molecule has 1 aliphatic carbocycles. The van der Waals surface area contributed by atoms with Gasteiger partial charge in [-0.25, -0.2) is 21.6 Å². The Morgan fingerprint density at radius 1 is 0.804 bits per heavy atom. The lowest BCUT2D eigenvalue weighted by Crippen LogP contribution is -2.56. The van der Waals surface area contributed by atoms with Gasteiger partial charge in [0.25, 0.3) is 5.60 Å². The topological polar surface area (TPSA) is 84.0 Å². The summed E-state index contributed by atoms with van der Waals surface area (Å²) in [6.45, 7) is 0.397. The van der Waals surface area contributed by atoms with Crippen LogP contribution in [0.3, 0.4) is 0 Å². The summed E-state index contributed by atoms with van der Waals surface area (Å²) in [6, 6.07) is 8.06. The van der Waals surface area contributed by atoms with Gasteiger partial charge in [0, 0.05) is 50.1 Å². The Bertz CT molecular complexity index is 1840. The SMILES string of the molecule is CC(=O)N1CCN(C(=O)C2CCC(c3ccc(C(OCc4c(F)cccc4F)(C(F)(F)F)C(F)(F)F)cc3)(S(=O)(=O)c3ccc(F)cc3)C2)CC1. The van der Waals surface area contributed by atoms with Crippen LogP contribution in [0.1, 0.15) is 42.9 Å². The van der Waals surface area contributed by atoms with Crippen LogP contribution >= 0.6 is 0 Å². The number of nitrogens with zero attached hydrogens (tertiary/aromatic N) is 2. The predicted octanol–water partition coefficient (Wildman–Crippen LogP) is 6.80. The standard InChI is InChI=1S/C34H31F9N2O5S/c1-21(46)44-15-17-45(18-16-44)30(47)22-13-14-31(19-22,51(48,49)26-11-9-25(35)10-12-26)23-5-7-24(8-6-23)32(33(38,39)40,34(41,42)43)50-20-27-28(36)3-2-4-29(27)37/h2-12,22H,13-20H2,1H3. The van der Waals surface area contributed by atoms with Crippen LogP contribution in [0.15, 0.2) is 71.6 Å². The summed E-state index contributed by atoms with van der Waals surface area (Å²) in [5.74, 6) is -5.23. The Labute approximate surface area is 286 Å². The first-order valence-corrected chi connectivity index (χ1v) is 17.1. The van der Waals surface area contributed by atoms with E-state index in [0.29, 0.717) is 24.3 Å². The highest BCUT2D eigenvalue weighted by Crippen LogP contribution is 2.55. The predicted molar refractivity (Wildman–Crippen MR) is 163 cm³/mol. The van der Waals surface area contributed by atoms with Gasteiger partial charge in [0.2, 0.25) is 11.8 Å². The zero-order valence-electron chi connectivity index (χ0n) is 26.8. The Morgan fingerprint density at radius 2 is 1.33 bits per heavy atom. The number of amides is 2. The number of benzene rings is 3. The molecule has 2 atom stereocenters. The third-order valence-corrected chi connectivity index (χ3v) is 12.1. The van der Waals surface area contributed by atoms with Crippen molar-refractivity contribution >= 4 is 21.7 Å². The van der Waals surface area contributed by atoms with Gasteiger partial charge in [-0.05, 0) is 61.2 Å². The van der Waals surface area contributed by atoms with Crippen LogP contribution in [0.4, 0.5) is 39.5 Å². The summed E-state index contributed by atoms with van der Waals surface area (Å²) in [7, 11) is -4.60. The summed E-state index contributed by atoms with van der Waals surface area (Å²) < 4.78 is 160. The Kier molecular flexibility index (Phi) is 10.3. The molecule has 2 aliphatic rings. The molecule has 0 N–H and O–H groups in total. The van der Waals surface area contributed by atoms with Crippen molar-refractivity contribution in [2.75, 3.05) is 26.2 Å². The van der Waals surface area contributed by atoms with E-state index in [0.717, 1.165) is 42.5 Å². The Balaban J connectivity index is 1.56. The monoisotopic (exact) mass is 750 g/mol. The molecule has 1 saturated carbocycles. The number of hydrogen-bond donors (Lipinski definition) is 0. The van der Waals surface area contributed by atoms with Crippen LogP contribution in [0.25, 0.3) is 0 Å². The lowest BCUT2D eigenvalue weighted by atomic mass is 9.88. The number of piperazine rings is 1. The van der Waals surface area contributed by atoms with Crippen molar-refractivity contribution < 1.29 is 62.3 Å². The molecule has 1 heterocycles. The van der Waals surface area contributed by atoms with Gasteiger partial charge in [0.1, 0.15) is 22.2 Å². The van der Waals surface area contributed by atoms with E-state index in [1.807, 2.05) is 0 Å². The number of alkyl halides is 6. The number of carbonyl (C=O) groups is 2. The molecule has 5 rings (SSSR count). The lowest BCUT2D eigenvalue weighted by Gasteiger charge is -2.38. The van der Waals surface area contributed by atoms with Crippen LogP contribution in [0, 0.1) is 23.4 Å². The lowest BCUT2D eigenvalue weighted by molar-refractivity contribution is -0.392. The smallest absolute Gasteiger partial charge is 0.349 e. The van der Waals surface area contributed by atoms with E-state index in [-0.39, 0.29) is 50.5 Å². The van der Waals surface area contributed by atoms with Crippen LogP contribution in [-0.4, -0.2) is 68.6 Å². The molecule has 17 heteroatoms. The molecule has 51 heavy (non-hydrogen) atoms. The maximum absolute atomic E-state index is 14.5. The van der Waals surface area contributed by atoms with Crippen molar-refractivity contribution in [1.29, 1.82) is 0 Å². The van der Waals surface area contributed by atoms with E-state index < -0.39 is 90.9 Å². The van der Waals surface area contributed by atoms with Crippen LogP contribution in [0.2, 0.25) is 0 Å². The second-order valence-corrected chi connectivity index (χ2v) is 14.7. The number of rotatable bonds is 8. The molecule has 0 spiro atoms. The average Bonchev–Trinajstić information content (AvgIpc) is 3.53. The molecule has 1 aliphatic heterocycles. The fourth-order valence-corrected chi connectivity index (χ4v) is 9.01. The third-order valence-electron chi connectivity index (χ3n) is 9.61. The molecule has 0 radical (unpaired) electrons. The summed E-state index contributed by atoms with van der Waals surface area (Å²) in [5.41, 5.74) is -8.08. The van der Waals surface area contributed by atoms with Gasteiger partial charge in [-0.3, -0.25) is 9.59 Å². The molecule has 276 valence electrons. The minimum absolute atomic E-state index is 0.0275. The Hall–Kier alpha value is -4.12. The fourth-order valence-electron chi connectivity index (χ4n) is 6.82. The molecule has 3 aromatic carbocycles. The summed E-state index contributed by atoms with van der Waals surface area (Å²) in [6.07, 6.45) is -13.2. The van der Waals surface area contributed by atoms with Crippen LogP contribution in [0.5, 0.6) is 0 Å². The van der Waals surface area contributed by atoms with Crippen molar-refractivity contribution in [3.63, 3.8) is 0 Å². The zero-order valence-corrected chi connectivity index (χ0v) is 27.6. The van der Waals surface area contributed by atoms with E-state index in [4.69, 9.17) is 0 Å². The molecule has 0 aromatic heterocycles. The minimum atomic E-state index is -6.23. The molecule has 0 bridgehead atoms. The van der Waals surface area contributed by atoms with E-state index in [9.17, 15) is 57.5 Å². The number of carbonyl (C=O) groups excluding carboxylic acids is 2. The average molecular weight is 751 g/mol. The van der Waals surface area contributed by atoms with Gasteiger partial charge < -0.3 is 14.5 Å². The highest BCUT2D eigenvalue weighted by Gasteiger charge is 2.73. The van der Waals surface area contributed by atoms with Gasteiger partial charge in [0.15, 0.2) is 9.84 Å². The largest absolute Gasteiger partial charge is 0.430 e. The number of ether oxygens (including phenoxy) is 1. The first kappa shape index (κ1) is 38.1. The van der Waals surface area contributed by atoms with Gasteiger partial charge in [-0.1, -0.05) is 30.3 Å². The summed E-state index contributed by atoms with van der Waals surface area (Å²) >= 11 is 0. The number of sulfone groups is 1. The van der Waals surface area contributed by atoms with E-state index in [1.54, 1.807) is 0 Å². The number of halogens is 9. The van der Waals surface area contributed by atoms with Crippen molar-refractivity contribution in [3.05, 3.63) is 101 Å². The van der Waals surface area contributed by atoms with Crippen molar-refractivity contribution in [2.24, 2.45) is 5.92 Å². The fraction of sp³-hybridized carbons (Fsp3) is 0.412. The minimum Gasteiger partial charge on any atom is -0.349 e. The van der Waals surface area contributed by atoms with Crippen molar-refractivity contribution in [3.8, 4) is 0 Å². The molecule has 7 nitrogen and oxygen atoms in total. The normalized spacial score (nSPS) is 20.5. The second-order valence-electron chi connectivity index (χ2n) is 12.5. The van der Waals surface area contributed by atoms with Gasteiger partial charge >= 0.3 is 12.4 Å². The molecule has 2 unspecified atom stereocenters. The maximum atomic E-state index is 14.5. The van der Waals surface area contributed by atoms with Crippen molar-refractivity contribution in [2.45, 2.75) is 60.4 Å². The van der Waals surface area contributed by atoms with Crippen LogP contribution < -0.4 is 0 Å². The highest BCUT2D eigenvalue weighted by molar-refractivity contribution is 7.92. The number of hydrogen-bond acceptors (Lipinski definition) is 5. The second kappa shape index (κ2) is 13.8. The molecule has 3 aromatic rings. The summed E-state index contributed by atoms with van der Waals surface area (Å²) in [5, 5.41) is 0. The van der Waals surface area contributed by atoms with Gasteiger partial charge in [-0.15, -0.1) is 0 Å².